The van der Waals surface area contributed by atoms with Crippen LogP contribution in [0.1, 0.15) is 56.0 Å². The van der Waals surface area contributed by atoms with Gasteiger partial charge in [-0.2, -0.15) is 0 Å². The van der Waals surface area contributed by atoms with Crippen molar-refractivity contribution in [2.75, 3.05) is 5.75 Å². The number of hydrogen-bond acceptors (Lipinski definition) is 2. The third-order valence-corrected chi connectivity index (χ3v) is 5.24. The molecule has 0 aliphatic carbocycles. The maximum atomic E-state index is 12.2. The Hall–Kier alpha value is -1.74. The molecule has 0 unspecified atom stereocenters. The number of aryl methyl sites for hydroxylation is 1. The smallest absolute Gasteiger partial charge is 0.230 e. The van der Waals surface area contributed by atoms with Gasteiger partial charge in [-0.25, -0.2) is 0 Å². The van der Waals surface area contributed by atoms with E-state index in [1.807, 2.05) is 6.92 Å². The van der Waals surface area contributed by atoms with Gasteiger partial charge in [0.1, 0.15) is 0 Å². The summed E-state index contributed by atoms with van der Waals surface area (Å²) in [5.41, 5.74) is 5.13. The minimum Gasteiger partial charge on any atom is -0.349 e. The Labute approximate surface area is 156 Å². The fraction of sp³-hybridized carbons (Fsp3) is 0.409. The number of nitrogens with one attached hydrogen (secondary N) is 1. The average molecular weight is 356 g/mol. The molecule has 0 spiro atoms. The number of thioether (sulfide) groups is 1. The van der Waals surface area contributed by atoms with E-state index >= 15 is 0 Å². The molecule has 0 aliphatic rings. The first-order chi connectivity index (χ1) is 11.8. The fourth-order valence-corrected chi connectivity index (χ4v) is 3.49. The van der Waals surface area contributed by atoms with Crippen molar-refractivity contribution in [3.05, 3.63) is 70.8 Å². The summed E-state index contributed by atoms with van der Waals surface area (Å²) in [5, 5.41) is 3.09. The van der Waals surface area contributed by atoms with Crippen LogP contribution in [0.15, 0.2) is 48.5 Å². The molecule has 0 fully saturated rings. The Morgan fingerprint density at radius 3 is 2.40 bits per heavy atom. The van der Waals surface area contributed by atoms with Crippen LogP contribution in [0.5, 0.6) is 0 Å². The van der Waals surface area contributed by atoms with Gasteiger partial charge in [0, 0.05) is 5.75 Å². The van der Waals surface area contributed by atoms with Crippen LogP contribution in [0.4, 0.5) is 0 Å². The number of amides is 1. The second-order valence-electron chi connectivity index (χ2n) is 7.64. The molecule has 2 aromatic rings. The Kier molecular flexibility index (Phi) is 6.71. The highest BCUT2D eigenvalue weighted by Gasteiger charge is 2.15. The van der Waals surface area contributed by atoms with Gasteiger partial charge >= 0.3 is 0 Å². The van der Waals surface area contributed by atoms with Crippen molar-refractivity contribution < 1.29 is 4.79 Å². The highest BCUT2D eigenvalue weighted by atomic mass is 32.2. The molecule has 2 rings (SSSR count). The zero-order valence-electron chi connectivity index (χ0n) is 15.9. The van der Waals surface area contributed by atoms with E-state index in [0.29, 0.717) is 5.75 Å². The van der Waals surface area contributed by atoms with Crippen LogP contribution in [0.2, 0.25) is 0 Å². The third-order valence-electron chi connectivity index (χ3n) is 4.24. The monoisotopic (exact) mass is 355 g/mol. The van der Waals surface area contributed by atoms with Crippen LogP contribution >= 0.6 is 11.8 Å². The van der Waals surface area contributed by atoms with Gasteiger partial charge in [0.15, 0.2) is 0 Å². The Morgan fingerprint density at radius 1 is 1.12 bits per heavy atom. The number of hydrogen-bond donors (Lipinski definition) is 1. The van der Waals surface area contributed by atoms with Crippen molar-refractivity contribution in [3.63, 3.8) is 0 Å². The molecule has 1 N–H and O–H groups in total. The predicted octanol–water partition coefficient (Wildman–Crippen LogP) is 5.40. The van der Waals surface area contributed by atoms with Crippen LogP contribution < -0.4 is 5.32 Å². The molecule has 0 bridgehead atoms. The SMILES string of the molecule is Cc1cccc(CSCC(=O)N[C@H](C)c2ccc(C(C)(C)C)cc2)c1. The largest absolute Gasteiger partial charge is 0.349 e. The zero-order valence-corrected chi connectivity index (χ0v) is 16.7. The zero-order chi connectivity index (χ0) is 18.4. The highest BCUT2D eigenvalue weighted by molar-refractivity contribution is 7.99. The Balaban J connectivity index is 1.81. The number of rotatable bonds is 6. The molecule has 134 valence electrons. The molecule has 25 heavy (non-hydrogen) atoms. The van der Waals surface area contributed by atoms with Gasteiger partial charge < -0.3 is 5.32 Å². The van der Waals surface area contributed by atoms with Crippen molar-refractivity contribution in [2.45, 2.75) is 51.8 Å². The second kappa shape index (κ2) is 8.57. The summed E-state index contributed by atoms with van der Waals surface area (Å²) in [7, 11) is 0. The Bertz CT molecular complexity index is 701. The first-order valence-electron chi connectivity index (χ1n) is 8.79. The first kappa shape index (κ1) is 19.6. The van der Waals surface area contributed by atoms with Gasteiger partial charge in [0.05, 0.1) is 11.8 Å². The average Bonchev–Trinajstić information content (AvgIpc) is 2.54. The van der Waals surface area contributed by atoms with E-state index in [2.05, 4.69) is 81.5 Å². The lowest BCUT2D eigenvalue weighted by molar-refractivity contribution is -0.119. The van der Waals surface area contributed by atoms with Crippen LogP contribution in [-0.4, -0.2) is 11.7 Å². The molecule has 0 saturated carbocycles. The maximum absolute atomic E-state index is 12.2. The minimum absolute atomic E-state index is 0.0288. The van der Waals surface area contributed by atoms with Crippen LogP contribution in [0, 0.1) is 6.92 Å². The van der Waals surface area contributed by atoms with Gasteiger partial charge in [-0.1, -0.05) is 74.9 Å². The first-order valence-corrected chi connectivity index (χ1v) is 9.94. The van der Waals surface area contributed by atoms with Crippen molar-refractivity contribution in [1.82, 2.24) is 5.32 Å². The highest BCUT2D eigenvalue weighted by Crippen LogP contribution is 2.24. The van der Waals surface area contributed by atoms with E-state index in [1.54, 1.807) is 11.8 Å². The van der Waals surface area contributed by atoms with E-state index in [-0.39, 0.29) is 17.4 Å². The van der Waals surface area contributed by atoms with Crippen molar-refractivity contribution in [3.8, 4) is 0 Å². The van der Waals surface area contributed by atoms with Gasteiger partial charge in [-0.15, -0.1) is 11.8 Å². The summed E-state index contributed by atoms with van der Waals surface area (Å²) < 4.78 is 0. The van der Waals surface area contributed by atoms with Crippen molar-refractivity contribution in [1.29, 1.82) is 0 Å². The molecular formula is C22H29NOS. The van der Waals surface area contributed by atoms with E-state index in [0.717, 1.165) is 11.3 Å². The van der Waals surface area contributed by atoms with E-state index in [4.69, 9.17) is 0 Å². The van der Waals surface area contributed by atoms with E-state index in [1.165, 1.54) is 16.7 Å². The maximum Gasteiger partial charge on any atom is 0.230 e. The van der Waals surface area contributed by atoms with Crippen LogP contribution in [-0.2, 0) is 16.0 Å². The summed E-state index contributed by atoms with van der Waals surface area (Å²) in [4.78, 5) is 12.2. The molecule has 1 amide bonds. The summed E-state index contributed by atoms with van der Waals surface area (Å²) in [6.45, 7) is 10.7. The lowest BCUT2D eigenvalue weighted by atomic mass is 9.86. The summed E-state index contributed by atoms with van der Waals surface area (Å²) >= 11 is 1.65. The van der Waals surface area contributed by atoms with E-state index < -0.39 is 0 Å². The van der Waals surface area contributed by atoms with Crippen molar-refractivity contribution in [2.24, 2.45) is 0 Å². The quantitative estimate of drug-likeness (QED) is 0.751. The standard InChI is InChI=1S/C22H29NOS/c1-16-7-6-8-18(13-16)14-25-15-21(24)23-17(2)19-9-11-20(12-10-19)22(3,4)5/h6-13,17H,14-15H2,1-5H3,(H,23,24)/t17-/m1/s1. The van der Waals surface area contributed by atoms with Crippen LogP contribution in [0.3, 0.4) is 0 Å². The van der Waals surface area contributed by atoms with Crippen LogP contribution in [0.25, 0.3) is 0 Å². The van der Waals surface area contributed by atoms with Gasteiger partial charge in [0.25, 0.3) is 0 Å². The molecule has 2 aromatic carbocycles. The summed E-state index contributed by atoms with van der Waals surface area (Å²) in [6.07, 6.45) is 0. The lowest BCUT2D eigenvalue weighted by Gasteiger charge is -2.20. The number of benzene rings is 2. The van der Waals surface area contributed by atoms with E-state index in [9.17, 15) is 4.79 Å². The normalized spacial score (nSPS) is 12.7. The summed E-state index contributed by atoms with van der Waals surface area (Å²) in [5.74, 6) is 1.44. The number of carbonyl (C=O) groups is 1. The molecule has 2 nitrogen and oxygen atoms in total. The summed E-state index contributed by atoms with van der Waals surface area (Å²) in [6, 6.07) is 17.0. The van der Waals surface area contributed by atoms with Gasteiger partial charge in [-0.3, -0.25) is 4.79 Å². The van der Waals surface area contributed by atoms with Crippen molar-refractivity contribution >= 4 is 17.7 Å². The van der Waals surface area contributed by atoms with Gasteiger partial charge in [0.2, 0.25) is 5.91 Å². The minimum atomic E-state index is 0.0288. The molecule has 0 aliphatic heterocycles. The lowest BCUT2D eigenvalue weighted by Crippen LogP contribution is -2.28. The second-order valence-corrected chi connectivity index (χ2v) is 8.63. The Morgan fingerprint density at radius 2 is 1.80 bits per heavy atom. The molecule has 0 saturated heterocycles. The molecule has 0 radical (unpaired) electrons. The number of carbonyl (C=O) groups excluding carboxylic acids is 1. The fourth-order valence-electron chi connectivity index (χ4n) is 2.70. The molecule has 0 aromatic heterocycles. The molecular weight excluding hydrogens is 326 g/mol. The topological polar surface area (TPSA) is 29.1 Å². The molecule has 0 heterocycles. The molecule has 3 heteroatoms. The third kappa shape index (κ3) is 6.24. The van der Waals surface area contributed by atoms with Gasteiger partial charge in [-0.05, 0) is 36.0 Å². The molecule has 1 atom stereocenters. The predicted molar refractivity (Wildman–Crippen MR) is 109 cm³/mol.